The van der Waals surface area contributed by atoms with E-state index in [1.165, 1.54) is 0 Å². The summed E-state index contributed by atoms with van der Waals surface area (Å²) in [6.45, 7) is 5.63. The Morgan fingerprint density at radius 3 is 2.50 bits per heavy atom. The SMILES string of the molecule is CC(C)(O)[C@@H]1CC[C@@](C)(O)[C@H]([Hg][Cl])C1. The Morgan fingerprint density at radius 1 is 1.50 bits per heavy atom. The van der Waals surface area contributed by atoms with Crippen molar-refractivity contribution >= 4 is 8.25 Å². The van der Waals surface area contributed by atoms with Crippen molar-refractivity contribution in [1.29, 1.82) is 0 Å². The van der Waals surface area contributed by atoms with E-state index in [0.717, 1.165) is 19.3 Å². The maximum absolute atomic E-state index is 10.1. The van der Waals surface area contributed by atoms with E-state index in [9.17, 15) is 10.2 Å². The second kappa shape index (κ2) is 4.56. The average molecular weight is 407 g/mol. The third kappa shape index (κ3) is 3.07. The van der Waals surface area contributed by atoms with E-state index in [4.69, 9.17) is 8.25 Å². The Labute approximate surface area is 102 Å². The van der Waals surface area contributed by atoms with Crippen molar-refractivity contribution in [3.8, 4) is 0 Å². The van der Waals surface area contributed by atoms with Gasteiger partial charge in [-0.2, -0.15) is 0 Å². The summed E-state index contributed by atoms with van der Waals surface area (Å²) in [5, 5.41) is 20.0. The van der Waals surface area contributed by atoms with Gasteiger partial charge in [-0.15, -0.1) is 0 Å². The van der Waals surface area contributed by atoms with Gasteiger partial charge in [-0.1, -0.05) is 0 Å². The van der Waals surface area contributed by atoms with Gasteiger partial charge in [0.15, 0.2) is 0 Å². The third-order valence-electron chi connectivity index (χ3n) is 3.63. The average Bonchev–Trinajstić information content (AvgIpc) is 2.01. The van der Waals surface area contributed by atoms with Crippen molar-refractivity contribution in [3.63, 3.8) is 0 Å². The summed E-state index contributed by atoms with van der Waals surface area (Å²) in [6, 6.07) is 0. The summed E-state index contributed by atoms with van der Waals surface area (Å²) in [5.41, 5.74) is -1.17. The van der Waals surface area contributed by atoms with Gasteiger partial charge in [0.05, 0.1) is 0 Å². The molecule has 1 saturated carbocycles. The van der Waals surface area contributed by atoms with Gasteiger partial charge in [-0.3, -0.25) is 0 Å². The normalized spacial score (nSPS) is 39.3. The number of rotatable bonds is 2. The number of aliphatic hydroxyl groups is 2. The molecule has 0 spiro atoms. The molecule has 0 unspecified atom stereocenters. The van der Waals surface area contributed by atoms with Crippen LogP contribution in [0.2, 0.25) is 3.43 Å². The summed E-state index contributed by atoms with van der Waals surface area (Å²) >= 11 is -1.43. The predicted molar refractivity (Wildman–Crippen MR) is 53.9 cm³/mol. The van der Waals surface area contributed by atoms with Crippen LogP contribution < -0.4 is 0 Å². The standard InChI is InChI=1S/C10H19O2.ClH.Hg/c1-9(2,11)8-4-6-10(3,12)7-5-8;;/h6,8,11-12H,4-5,7H2,1-3H3;1H;/q;;+1/p-1/t8-,10-;;/m0../s1. The minimum atomic E-state index is -1.43. The van der Waals surface area contributed by atoms with Crippen LogP contribution in [-0.4, -0.2) is 21.4 Å². The summed E-state index contributed by atoms with van der Waals surface area (Å²) in [4.78, 5) is 0. The van der Waals surface area contributed by atoms with Crippen molar-refractivity contribution in [2.45, 2.75) is 54.7 Å². The van der Waals surface area contributed by atoms with Crippen molar-refractivity contribution < 1.29 is 33.6 Å². The molecule has 0 aromatic heterocycles. The van der Waals surface area contributed by atoms with Crippen molar-refractivity contribution in [2.24, 2.45) is 5.92 Å². The van der Waals surface area contributed by atoms with E-state index in [1.54, 1.807) is 0 Å². The molecule has 1 aliphatic carbocycles. The zero-order valence-corrected chi connectivity index (χ0v) is 15.5. The minimum absolute atomic E-state index is 0.312. The Kier molecular flexibility index (Phi) is 4.31. The zero-order valence-electron chi connectivity index (χ0n) is 9.26. The van der Waals surface area contributed by atoms with Gasteiger partial charge in [0, 0.05) is 0 Å². The van der Waals surface area contributed by atoms with Gasteiger partial charge in [-0.05, 0) is 0 Å². The van der Waals surface area contributed by atoms with Crippen LogP contribution in [0.1, 0.15) is 40.0 Å². The third-order valence-corrected chi connectivity index (χ3v) is 13.1. The first kappa shape index (κ1) is 13.2. The summed E-state index contributed by atoms with van der Waals surface area (Å²) in [6.07, 6.45) is 2.62. The molecule has 0 aromatic rings. The number of halogens is 1. The van der Waals surface area contributed by atoms with E-state index in [2.05, 4.69) is 0 Å². The van der Waals surface area contributed by atoms with E-state index in [1.807, 2.05) is 20.8 Å². The van der Waals surface area contributed by atoms with Gasteiger partial charge in [0.1, 0.15) is 0 Å². The second-order valence-corrected chi connectivity index (χ2v) is 13.1. The first-order chi connectivity index (χ1) is 6.27. The van der Waals surface area contributed by atoms with E-state index in [-0.39, 0.29) is 0 Å². The summed E-state index contributed by atoms with van der Waals surface area (Å²) < 4.78 is 0.328. The molecule has 2 nitrogen and oxygen atoms in total. The fraction of sp³-hybridized carbons (Fsp3) is 1.00. The molecular formula is C10H19ClHgO2. The molecule has 80 valence electrons. The van der Waals surface area contributed by atoms with Crippen LogP contribution >= 0.6 is 8.25 Å². The van der Waals surface area contributed by atoms with Crippen LogP contribution in [-0.2, 0) is 23.3 Å². The molecular weight excluding hydrogens is 388 g/mol. The molecule has 0 aliphatic heterocycles. The topological polar surface area (TPSA) is 40.5 Å². The fourth-order valence-corrected chi connectivity index (χ4v) is 10.4. The van der Waals surface area contributed by atoms with Crippen LogP contribution in [0, 0.1) is 5.92 Å². The molecule has 0 aromatic carbocycles. The zero-order chi connectivity index (χ0) is 11.0. The van der Waals surface area contributed by atoms with Gasteiger partial charge < -0.3 is 0 Å². The Morgan fingerprint density at radius 2 is 2.07 bits per heavy atom. The van der Waals surface area contributed by atoms with Gasteiger partial charge in [0.25, 0.3) is 0 Å². The predicted octanol–water partition coefficient (Wildman–Crippen LogP) is 2.33. The first-order valence-corrected chi connectivity index (χ1v) is 15.2. The van der Waals surface area contributed by atoms with Crippen LogP contribution in [0.3, 0.4) is 0 Å². The van der Waals surface area contributed by atoms with Crippen molar-refractivity contribution in [1.82, 2.24) is 0 Å². The van der Waals surface area contributed by atoms with Crippen molar-refractivity contribution in [2.75, 3.05) is 0 Å². The van der Waals surface area contributed by atoms with Crippen LogP contribution in [0.25, 0.3) is 0 Å². The van der Waals surface area contributed by atoms with Crippen LogP contribution in [0.15, 0.2) is 0 Å². The molecule has 0 bridgehead atoms. The molecule has 1 aliphatic rings. The van der Waals surface area contributed by atoms with Gasteiger partial charge >= 0.3 is 102 Å². The van der Waals surface area contributed by atoms with Crippen LogP contribution in [0.5, 0.6) is 0 Å². The number of hydrogen-bond acceptors (Lipinski definition) is 2. The van der Waals surface area contributed by atoms with Gasteiger partial charge in [-0.25, -0.2) is 0 Å². The summed E-state index contributed by atoms with van der Waals surface area (Å²) in [5.74, 6) is 0.312. The maximum atomic E-state index is 10.1. The van der Waals surface area contributed by atoms with E-state index >= 15 is 0 Å². The first-order valence-electron chi connectivity index (χ1n) is 5.28. The molecule has 0 saturated heterocycles. The number of hydrogen-bond donors (Lipinski definition) is 2. The quantitative estimate of drug-likeness (QED) is 0.690. The molecule has 0 heterocycles. The second-order valence-electron chi connectivity index (χ2n) is 5.33. The van der Waals surface area contributed by atoms with Crippen molar-refractivity contribution in [3.05, 3.63) is 0 Å². The molecule has 1 rings (SSSR count). The molecule has 4 heteroatoms. The molecule has 3 atom stereocenters. The fourth-order valence-electron chi connectivity index (χ4n) is 2.26. The molecule has 14 heavy (non-hydrogen) atoms. The molecule has 0 amide bonds. The van der Waals surface area contributed by atoms with Gasteiger partial charge in [0.2, 0.25) is 0 Å². The van der Waals surface area contributed by atoms with E-state index < -0.39 is 34.5 Å². The molecule has 1 fully saturated rings. The van der Waals surface area contributed by atoms with E-state index in [0.29, 0.717) is 9.34 Å². The molecule has 0 radical (unpaired) electrons. The monoisotopic (exact) mass is 408 g/mol. The Bertz CT molecular complexity index is 201. The molecule has 2 N–H and O–H groups in total. The Balaban J connectivity index is 2.67. The van der Waals surface area contributed by atoms with Crippen LogP contribution in [0.4, 0.5) is 0 Å². The summed E-state index contributed by atoms with van der Waals surface area (Å²) in [7, 11) is 6.06. The Hall–Kier alpha value is 1.15.